The SMILES string of the molecule is NNC(c1ccncc1F)c1cnccc1C(F)(F)F. The van der Waals surface area contributed by atoms with E-state index in [9.17, 15) is 17.6 Å². The molecule has 0 bridgehead atoms. The third-order valence-corrected chi connectivity index (χ3v) is 2.75. The van der Waals surface area contributed by atoms with Crippen molar-refractivity contribution in [3.05, 3.63) is 59.4 Å². The Hall–Kier alpha value is -2.06. The molecule has 0 spiro atoms. The van der Waals surface area contributed by atoms with E-state index in [1.54, 1.807) is 0 Å². The van der Waals surface area contributed by atoms with Crippen molar-refractivity contribution in [3.63, 3.8) is 0 Å². The van der Waals surface area contributed by atoms with Crippen LogP contribution in [-0.4, -0.2) is 9.97 Å². The van der Waals surface area contributed by atoms with Crippen LogP contribution in [0, 0.1) is 5.82 Å². The molecular formula is C12H10F4N4. The first kappa shape index (κ1) is 14.4. The number of alkyl halides is 3. The fraction of sp³-hybridized carbons (Fsp3) is 0.167. The van der Waals surface area contributed by atoms with Crippen LogP contribution in [0.5, 0.6) is 0 Å². The fourth-order valence-electron chi connectivity index (χ4n) is 1.86. The van der Waals surface area contributed by atoms with Gasteiger partial charge in [-0.05, 0) is 12.1 Å². The lowest BCUT2D eigenvalue weighted by atomic mass is 9.97. The number of nitrogens with zero attached hydrogens (tertiary/aromatic N) is 2. The Kier molecular flexibility index (Phi) is 3.96. The predicted molar refractivity (Wildman–Crippen MR) is 62.6 cm³/mol. The van der Waals surface area contributed by atoms with Crippen LogP contribution in [0.25, 0.3) is 0 Å². The number of hydrazine groups is 1. The maximum atomic E-state index is 13.7. The van der Waals surface area contributed by atoms with Crippen molar-refractivity contribution in [1.82, 2.24) is 15.4 Å². The lowest BCUT2D eigenvalue weighted by Crippen LogP contribution is -2.31. The first-order valence-corrected chi connectivity index (χ1v) is 5.51. The Balaban J connectivity index is 2.57. The molecule has 3 N–H and O–H groups in total. The number of hydrogen-bond acceptors (Lipinski definition) is 4. The maximum absolute atomic E-state index is 13.7. The molecule has 2 aromatic heterocycles. The average molecular weight is 286 g/mol. The molecule has 2 rings (SSSR count). The normalized spacial score (nSPS) is 13.2. The summed E-state index contributed by atoms with van der Waals surface area (Å²) in [5.74, 6) is 4.53. The second-order valence-electron chi connectivity index (χ2n) is 3.96. The number of pyridine rings is 2. The van der Waals surface area contributed by atoms with Crippen LogP contribution in [0.2, 0.25) is 0 Å². The zero-order valence-corrected chi connectivity index (χ0v) is 10.0. The van der Waals surface area contributed by atoms with Crippen molar-refractivity contribution in [2.75, 3.05) is 0 Å². The van der Waals surface area contributed by atoms with Crippen molar-refractivity contribution >= 4 is 0 Å². The molecule has 2 aromatic rings. The second-order valence-corrected chi connectivity index (χ2v) is 3.96. The van der Waals surface area contributed by atoms with Gasteiger partial charge in [0.15, 0.2) is 0 Å². The van der Waals surface area contributed by atoms with E-state index < -0.39 is 23.6 Å². The molecule has 0 radical (unpaired) electrons. The van der Waals surface area contributed by atoms with Gasteiger partial charge in [-0.1, -0.05) is 0 Å². The van der Waals surface area contributed by atoms with Crippen molar-refractivity contribution in [2.24, 2.45) is 5.84 Å². The minimum absolute atomic E-state index is 0.0407. The van der Waals surface area contributed by atoms with Crippen molar-refractivity contribution in [3.8, 4) is 0 Å². The third-order valence-electron chi connectivity index (χ3n) is 2.75. The molecule has 4 nitrogen and oxygen atoms in total. The van der Waals surface area contributed by atoms with E-state index in [1.165, 1.54) is 12.3 Å². The van der Waals surface area contributed by atoms with Crippen LogP contribution in [0.15, 0.2) is 36.9 Å². The summed E-state index contributed by atoms with van der Waals surface area (Å²) in [6.07, 6.45) is -0.386. The van der Waals surface area contributed by atoms with Gasteiger partial charge in [-0.15, -0.1) is 0 Å². The van der Waals surface area contributed by atoms with Crippen molar-refractivity contribution in [2.45, 2.75) is 12.2 Å². The highest BCUT2D eigenvalue weighted by Gasteiger charge is 2.36. The summed E-state index contributed by atoms with van der Waals surface area (Å²) in [7, 11) is 0. The highest BCUT2D eigenvalue weighted by molar-refractivity contribution is 5.36. The van der Waals surface area contributed by atoms with E-state index in [0.717, 1.165) is 24.7 Å². The molecule has 0 saturated carbocycles. The third kappa shape index (κ3) is 2.75. The van der Waals surface area contributed by atoms with E-state index in [1.807, 2.05) is 0 Å². The first-order valence-electron chi connectivity index (χ1n) is 5.51. The number of aromatic nitrogens is 2. The van der Waals surface area contributed by atoms with Gasteiger partial charge >= 0.3 is 6.18 Å². The summed E-state index contributed by atoms with van der Waals surface area (Å²) in [6.45, 7) is 0. The monoisotopic (exact) mass is 286 g/mol. The topological polar surface area (TPSA) is 63.8 Å². The van der Waals surface area contributed by atoms with Gasteiger partial charge < -0.3 is 0 Å². The highest BCUT2D eigenvalue weighted by Crippen LogP contribution is 2.36. The Morgan fingerprint density at radius 3 is 2.30 bits per heavy atom. The molecule has 0 saturated heterocycles. The minimum atomic E-state index is -4.59. The van der Waals surface area contributed by atoms with Gasteiger partial charge in [-0.2, -0.15) is 13.2 Å². The summed E-state index contributed by atoms with van der Waals surface area (Å²) in [4.78, 5) is 7.19. The Morgan fingerprint density at radius 2 is 1.70 bits per heavy atom. The van der Waals surface area contributed by atoms with Crippen molar-refractivity contribution < 1.29 is 17.6 Å². The summed E-state index contributed by atoms with van der Waals surface area (Å²) >= 11 is 0. The van der Waals surface area contributed by atoms with Crippen LogP contribution in [0.3, 0.4) is 0 Å². The highest BCUT2D eigenvalue weighted by atomic mass is 19.4. The van der Waals surface area contributed by atoms with Gasteiger partial charge in [0.25, 0.3) is 0 Å². The molecule has 0 fully saturated rings. The van der Waals surface area contributed by atoms with E-state index in [0.29, 0.717) is 0 Å². The van der Waals surface area contributed by atoms with Gasteiger partial charge in [0.2, 0.25) is 0 Å². The smallest absolute Gasteiger partial charge is 0.271 e. The molecule has 2 heterocycles. The molecule has 0 aromatic carbocycles. The standard InChI is InChI=1S/C12H10F4N4/c13-10-6-19-3-1-7(10)11(20-17)8-5-18-4-2-9(8)12(14,15)16/h1-6,11,20H,17H2. The van der Waals surface area contributed by atoms with Crippen LogP contribution in [-0.2, 0) is 6.18 Å². The number of rotatable bonds is 3. The van der Waals surface area contributed by atoms with Gasteiger partial charge in [-0.3, -0.25) is 15.8 Å². The molecule has 0 aliphatic rings. The van der Waals surface area contributed by atoms with Gasteiger partial charge in [0, 0.05) is 29.7 Å². The lowest BCUT2D eigenvalue weighted by Gasteiger charge is -2.21. The van der Waals surface area contributed by atoms with Crippen LogP contribution in [0.4, 0.5) is 17.6 Å². The zero-order chi connectivity index (χ0) is 14.8. The van der Waals surface area contributed by atoms with E-state index in [4.69, 9.17) is 5.84 Å². The zero-order valence-electron chi connectivity index (χ0n) is 10.0. The predicted octanol–water partition coefficient (Wildman–Crippen LogP) is 2.19. The maximum Gasteiger partial charge on any atom is 0.416 e. The molecule has 8 heteroatoms. The molecule has 0 amide bonds. The van der Waals surface area contributed by atoms with Gasteiger partial charge in [0.05, 0.1) is 17.8 Å². The van der Waals surface area contributed by atoms with E-state index in [-0.39, 0.29) is 11.1 Å². The Labute approximate surface area is 111 Å². The van der Waals surface area contributed by atoms with Crippen LogP contribution >= 0.6 is 0 Å². The quantitative estimate of drug-likeness (QED) is 0.516. The number of nitrogens with one attached hydrogen (secondary N) is 1. The largest absolute Gasteiger partial charge is 0.416 e. The summed E-state index contributed by atoms with van der Waals surface area (Å²) < 4.78 is 52.6. The second kappa shape index (κ2) is 5.51. The van der Waals surface area contributed by atoms with Gasteiger partial charge in [-0.25, -0.2) is 9.82 Å². The molecule has 106 valence electrons. The number of halogens is 4. The molecule has 1 atom stereocenters. The number of hydrogen-bond donors (Lipinski definition) is 2. The first-order chi connectivity index (χ1) is 9.45. The molecule has 0 aliphatic carbocycles. The Bertz CT molecular complexity index is 600. The van der Waals surface area contributed by atoms with Gasteiger partial charge in [0.1, 0.15) is 5.82 Å². The molecule has 1 unspecified atom stereocenters. The lowest BCUT2D eigenvalue weighted by molar-refractivity contribution is -0.138. The van der Waals surface area contributed by atoms with E-state index in [2.05, 4.69) is 15.4 Å². The summed E-state index contributed by atoms with van der Waals surface area (Å²) in [5.41, 5.74) is 0.958. The van der Waals surface area contributed by atoms with E-state index >= 15 is 0 Å². The van der Waals surface area contributed by atoms with Crippen LogP contribution in [0.1, 0.15) is 22.7 Å². The van der Waals surface area contributed by atoms with Crippen molar-refractivity contribution in [1.29, 1.82) is 0 Å². The molecule has 0 aliphatic heterocycles. The van der Waals surface area contributed by atoms with Crippen LogP contribution < -0.4 is 11.3 Å². The summed E-state index contributed by atoms with van der Waals surface area (Å²) in [5, 5.41) is 0. The number of nitrogens with two attached hydrogens (primary N) is 1. The minimum Gasteiger partial charge on any atom is -0.271 e. The average Bonchev–Trinajstić information content (AvgIpc) is 2.41. The molecular weight excluding hydrogens is 276 g/mol. The Morgan fingerprint density at radius 1 is 1.05 bits per heavy atom. The fourth-order valence-corrected chi connectivity index (χ4v) is 1.86. The molecule has 20 heavy (non-hydrogen) atoms. The summed E-state index contributed by atoms with van der Waals surface area (Å²) in [6, 6.07) is 0.898.